The molecule has 0 bridgehead atoms. The molecule has 0 atom stereocenters. The number of carbonyl (C=O) groups is 1. The van der Waals surface area contributed by atoms with Crippen molar-refractivity contribution in [2.24, 2.45) is 0 Å². The third-order valence-corrected chi connectivity index (χ3v) is 4.19. The van der Waals surface area contributed by atoms with Gasteiger partial charge in [-0.3, -0.25) is 14.5 Å². The average molecular weight is 341 g/mol. The number of nitrogens with one attached hydrogen (secondary N) is 1. The molecule has 0 radical (unpaired) electrons. The van der Waals surface area contributed by atoms with Gasteiger partial charge >= 0.3 is 0 Å². The number of benzene rings is 1. The van der Waals surface area contributed by atoms with Gasteiger partial charge in [-0.2, -0.15) is 5.10 Å². The van der Waals surface area contributed by atoms with E-state index in [9.17, 15) is 4.79 Å². The van der Waals surface area contributed by atoms with Gasteiger partial charge < -0.3 is 5.32 Å². The van der Waals surface area contributed by atoms with Gasteiger partial charge in [0.1, 0.15) is 0 Å². The van der Waals surface area contributed by atoms with Crippen molar-refractivity contribution in [1.29, 1.82) is 0 Å². The Morgan fingerprint density at radius 1 is 1.21 bits per heavy atom. The first-order chi connectivity index (χ1) is 11.6. The summed E-state index contributed by atoms with van der Waals surface area (Å²) < 4.78 is 1.84. The lowest BCUT2D eigenvalue weighted by Crippen LogP contribution is -2.13. The van der Waals surface area contributed by atoms with E-state index in [0.29, 0.717) is 17.1 Å². The number of hydrogen-bond donors (Lipinski definition) is 1. The molecule has 0 unspecified atom stereocenters. The normalized spacial score (nSPS) is 10.6. The molecule has 122 valence electrons. The number of halogens is 1. The molecule has 2 aromatic heterocycles. The fourth-order valence-electron chi connectivity index (χ4n) is 2.50. The van der Waals surface area contributed by atoms with Gasteiger partial charge in [0.15, 0.2) is 0 Å². The monoisotopic (exact) mass is 340 g/mol. The highest BCUT2D eigenvalue weighted by molar-refractivity contribution is 6.31. The van der Waals surface area contributed by atoms with Gasteiger partial charge in [-0.1, -0.05) is 29.8 Å². The smallest absolute Gasteiger partial charge is 0.257 e. The van der Waals surface area contributed by atoms with E-state index in [0.717, 1.165) is 22.6 Å². The predicted molar refractivity (Wildman–Crippen MR) is 94.4 cm³/mol. The van der Waals surface area contributed by atoms with Crippen LogP contribution in [0.1, 0.15) is 27.3 Å². The highest BCUT2D eigenvalue weighted by Gasteiger charge is 2.16. The summed E-state index contributed by atoms with van der Waals surface area (Å²) in [6, 6.07) is 11.1. The van der Waals surface area contributed by atoms with E-state index in [-0.39, 0.29) is 5.91 Å². The highest BCUT2D eigenvalue weighted by Crippen LogP contribution is 2.23. The molecule has 0 saturated heterocycles. The lowest BCUT2D eigenvalue weighted by Gasteiger charge is -2.08. The minimum atomic E-state index is -0.202. The zero-order valence-corrected chi connectivity index (χ0v) is 14.2. The highest BCUT2D eigenvalue weighted by atomic mass is 35.5. The van der Waals surface area contributed by atoms with Crippen LogP contribution in [0, 0.1) is 13.8 Å². The van der Waals surface area contributed by atoms with Gasteiger partial charge in [-0.25, -0.2) is 0 Å². The molecule has 24 heavy (non-hydrogen) atoms. The van der Waals surface area contributed by atoms with Crippen LogP contribution in [0.4, 0.5) is 5.69 Å². The van der Waals surface area contributed by atoms with Crippen LogP contribution in [0.3, 0.4) is 0 Å². The quantitative estimate of drug-likeness (QED) is 0.784. The minimum Gasteiger partial charge on any atom is -0.319 e. The van der Waals surface area contributed by atoms with E-state index in [1.165, 1.54) is 6.20 Å². The van der Waals surface area contributed by atoms with Crippen LogP contribution in [0.25, 0.3) is 0 Å². The summed E-state index contributed by atoms with van der Waals surface area (Å²) in [5.41, 5.74) is 3.85. The van der Waals surface area contributed by atoms with E-state index in [1.54, 1.807) is 18.3 Å². The number of amides is 1. The summed E-state index contributed by atoms with van der Waals surface area (Å²) in [6.07, 6.45) is 3.17. The molecule has 3 rings (SSSR count). The average Bonchev–Trinajstić information content (AvgIpc) is 2.85. The van der Waals surface area contributed by atoms with Gasteiger partial charge in [0.2, 0.25) is 0 Å². The van der Waals surface area contributed by atoms with Crippen LogP contribution in [0.5, 0.6) is 0 Å². The Kier molecular flexibility index (Phi) is 4.62. The van der Waals surface area contributed by atoms with Crippen LogP contribution in [-0.4, -0.2) is 20.7 Å². The van der Waals surface area contributed by atoms with Gasteiger partial charge in [-0.15, -0.1) is 0 Å². The lowest BCUT2D eigenvalue weighted by molar-refractivity contribution is 0.102. The third kappa shape index (κ3) is 3.31. The molecule has 1 amide bonds. The van der Waals surface area contributed by atoms with Crippen molar-refractivity contribution in [2.45, 2.75) is 20.4 Å². The molecule has 0 aliphatic heterocycles. The van der Waals surface area contributed by atoms with E-state index in [1.807, 2.05) is 42.8 Å². The van der Waals surface area contributed by atoms with E-state index in [4.69, 9.17) is 11.6 Å². The van der Waals surface area contributed by atoms with Crippen molar-refractivity contribution in [3.8, 4) is 0 Å². The van der Waals surface area contributed by atoms with Crippen LogP contribution >= 0.6 is 11.6 Å². The third-order valence-electron chi connectivity index (χ3n) is 3.82. The van der Waals surface area contributed by atoms with Crippen LogP contribution in [0.15, 0.2) is 48.8 Å². The summed E-state index contributed by atoms with van der Waals surface area (Å²) in [5, 5.41) is 8.14. The zero-order valence-electron chi connectivity index (χ0n) is 13.5. The van der Waals surface area contributed by atoms with Crippen LogP contribution in [0.2, 0.25) is 5.02 Å². The number of anilines is 1. The van der Waals surface area contributed by atoms with Crippen molar-refractivity contribution in [1.82, 2.24) is 14.8 Å². The van der Waals surface area contributed by atoms with Crippen LogP contribution in [-0.2, 0) is 6.54 Å². The summed E-state index contributed by atoms with van der Waals surface area (Å²) in [4.78, 5) is 16.3. The molecule has 3 aromatic rings. The summed E-state index contributed by atoms with van der Waals surface area (Å²) in [7, 11) is 0. The summed E-state index contributed by atoms with van der Waals surface area (Å²) in [5.74, 6) is -0.202. The number of rotatable bonds is 4. The summed E-state index contributed by atoms with van der Waals surface area (Å²) >= 11 is 6.22. The van der Waals surface area contributed by atoms with Crippen molar-refractivity contribution < 1.29 is 4.79 Å². The molecule has 2 heterocycles. The summed E-state index contributed by atoms with van der Waals surface area (Å²) in [6.45, 7) is 4.35. The fourth-order valence-corrected chi connectivity index (χ4v) is 2.70. The van der Waals surface area contributed by atoms with Gasteiger partial charge in [0.05, 0.1) is 29.2 Å². The molecule has 1 N–H and O–H groups in total. The number of aryl methyl sites for hydroxylation is 1. The second-order valence-electron chi connectivity index (χ2n) is 5.49. The largest absolute Gasteiger partial charge is 0.319 e. The van der Waals surface area contributed by atoms with Gasteiger partial charge in [0, 0.05) is 17.4 Å². The van der Waals surface area contributed by atoms with Crippen LogP contribution < -0.4 is 5.32 Å². The molecule has 6 heteroatoms. The first-order valence-electron chi connectivity index (χ1n) is 7.55. The van der Waals surface area contributed by atoms with Crippen molar-refractivity contribution in [3.63, 3.8) is 0 Å². The van der Waals surface area contributed by atoms with Crippen molar-refractivity contribution in [2.75, 3.05) is 5.32 Å². The predicted octanol–water partition coefficient (Wildman–Crippen LogP) is 3.85. The van der Waals surface area contributed by atoms with Crippen molar-refractivity contribution >= 4 is 23.2 Å². The number of hydrogen-bond acceptors (Lipinski definition) is 3. The fraction of sp³-hybridized carbons (Fsp3) is 0.167. The minimum absolute atomic E-state index is 0.202. The van der Waals surface area contributed by atoms with Gasteiger partial charge in [0.25, 0.3) is 5.91 Å². The Labute approximate surface area is 145 Å². The maximum atomic E-state index is 12.3. The second kappa shape index (κ2) is 6.84. The molecular weight excluding hydrogens is 324 g/mol. The number of pyridine rings is 1. The SMILES string of the molecule is Cc1nn(Cc2ccccc2Cl)c(C)c1NC(=O)c1cccnc1. The number of nitrogens with zero attached hydrogens (tertiary/aromatic N) is 3. The second-order valence-corrected chi connectivity index (χ2v) is 5.90. The number of aromatic nitrogens is 3. The molecule has 5 nitrogen and oxygen atoms in total. The molecule has 0 aliphatic carbocycles. The van der Waals surface area contributed by atoms with E-state index in [2.05, 4.69) is 15.4 Å². The Balaban J connectivity index is 1.85. The van der Waals surface area contributed by atoms with E-state index < -0.39 is 0 Å². The molecular formula is C18H17ClN4O. The van der Waals surface area contributed by atoms with E-state index >= 15 is 0 Å². The molecule has 0 saturated carbocycles. The van der Waals surface area contributed by atoms with Crippen molar-refractivity contribution in [3.05, 3.63) is 76.3 Å². The maximum absolute atomic E-state index is 12.3. The molecule has 1 aromatic carbocycles. The Morgan fingerprint density at radius 3 is 2.71 bits per heavy atom. The Bertz CT molecular complexity index is 874. The lowest BCUT2D eigenvalue weighted by atomic mass is 10.2. The molecule has 0 aliphatic rings. The Hall–Kier alpha value is -2.66. The first-order valence-corrected chi connectivity index (χ1v) is 7.93. The molecule has 0 fully saturated rings. The molecule has 0 spiro atoms. The maximum Gasteiger partial charge on any atom is 0.257 e. The topological polar surface area (TPSA) is 59.8 Å². The number of carbonyl (C=O) groups excluding carboxylic acids is 1. The zero-order chi connectivity index (χ0) is 17.1. The van der Waals surface area contributed by atoms with Gasteiger partial charge in [-0.05, 0) is 37.6 Å². The first kappa shape index (κ1) is 16.2. The standard InChI is InChI=1S/C18H17ClN4O/c1-12-17(21-18(24)14-7-5-9-20-10-14)13(2)23(22-12)11-15-6-3-4-8-16(15)19/h3-10H,11H2,1-2H3,(H,21,24). The Morgan fingerprint density at radius 2 is 2.00 bits per heavy atom.